The van der Waals surface area contributed by atoms with Gasteiger partial charge in [-0.05, 0) is 42.0 Å². The van der Waals surface area contributed by atoms with Crippen LogP contribution in [-0.4, -0.2) is 73.9 Å². The predicted molar refractivity (Wildman–Crippen MR) is 139 cm³/mol. The second kappa shape index (κ2) is 13.1. The van der Waals surface area contributed by atoms with Crippen molar-refractivity contribution in [1.82, 2.24) is 4.13 Å². The number of hydrogen-bond donors (Lipinski definition) is 1. The van der Waals surface area contributed by atoms with Crippen molar-refractivity contribution < 1.29 is 91.1 Å². The molecule has 0 aliphatic carbocycles. The highest BCUT2D eigenvalue weighted by Crippen LogP contribution is 2.51. The Bertz CT molecular complexity index is 1930. The van der Waals surface area contributed by atoms with Crippen LogP contribution in [0.25, 0.3) is 6.08 Å². The molecule has 0 heterocycles. The molecule has 0 amide bonds. The summed E-state index contributed by atoms with van der Waals surface area (Å²) >= 11 is 0. The fraction of sp³-hybridized carbons (Fsp3) is 0.286. The molecular weight excluding hydrogens is 757 g/mol. The molecule has 0 bridgehead atoms. The van der Waals surface area contributed by atoms with Gasteiger partial charge in [0.25, 0.3) is 10.0 Å². The van der Waals surface area contributed by atoms with Crippen molar-refractivity contribution in [2.75, 3.05) is 12.4 Å². The highest BCUT2D eigenvalue weighted by atomic mass is 32.3. The van der Waals surface area contributed by atoms with Crippen LogP contribution in [0.15, 0.2) is 55.1 Å². The van der Waals surface area contributed by atoms with E-state index in [-0.39, 0.29) is 17.9 Å². The van der Waals surface area contributed by atoms with Gasteiger partial charge >= 0.3 is 58.2 Å². The molecule has 0 aliphatic rings. The van der Waals surface area contributed by atoms with Gasteiger partial charge in [0.2, 0.25) is 0 Å². The lowest BCUT2D eigenvalue weighted by Gasteiger charge is -2.31. The van der Waals surface area contributed by atoms with Gasteiger partial charge in [-0.3, -0.25) is 0 Å². The normalized spacial score (nSPS) is 13.9. The largest absolute Gasteiger partial charge is 0.512 e. The average molecular weight is 774 g/mol. The van der Waals surface area contributed by atoms with Crippen molar-refractivity contribution in [3.8, 4) is 11.5 Å². The molecule has 13 nitrogen and oxygen atoms in total. The van der Waals surface area contributed by atoms with E-state index in [4.69, 9.17) is 4.18 Å². The summed E-state index contributed by atoms with van der Waals surface area (Å²) in [5, 5.41) is -14.8. The van der Waals surface area contributed by atoms with E-state index in [0.29, 0.717) is 17.7 Å². The Labute approximate surface area is 259 Å². The Hall–Kier alpha value is -3.62. The van der Waals surface area contributed by atoms with E-state index in [0.717, 1.165) is 0 Å². The maximum Gasteiger partial charge on any atom is 0.512 e. The number of esters is 1. The monoisotopic (exact) mass is 773 g/mol. The Kier molecular flexibility index (Phi) is 11.0. The Balaban J connectivity index is 2.15. The van der Waals surface area contributed by atoms with Gasteiger partial charge < -0.3 is 13.1 Å². The van der Waals surface area contributed by atoms with Crippen molar-refractivity contribution in [1.29, 1.82) is 0 Å². The summed E-state index contributed by atoms with van der Waals surface area (Å²) in [6.07, 6.45) is 1.46. The number of hydrogen-bond acceptors (Lipinski definition) is 12. The molecule has 2 rings (SSSR count). The quantitative estimate of drug-likeness (QED) is 0.158. The van der Waals surface area contributed by atoms with Crippen molar-refractivity contribution >= 4 is 52.3 Å². The van der Waals surface area contributed by atoms with E-state index in [1.54, 1.807) is 0 Å². The lowest BCUT2D eigenvalue weighted by molar-refractivity contribution is -0.245. The molecule has 26 heteroatoms. The molecular formula is C21H16F9NO12S4. The number of carbonyl (C=O) groups excluding carboxylic acids is 1. The number of alkyl halides is 9. The van der Waals surface area contributed by atoms with E-state index >= 15 is 0 Å². The lowest BCUT2D eigenvalue weighted by Crippen LogP contribution is -2.64. The first kappa shape index (κ1) is 39.6. The minimum absolute atomic E-state index is 0.104. The number of carbonyl (C=O) groups is 1. The molecule has 0 saturated heterocycles. The molecule has 0 saturated carbocycles. The molecule has 0 unspecified atom stereocenters. The first-order chi connectivity index (χ1) is 21.0. The summed E-state index contributed by atoms with van der Waals surface area (Å²) in [7, 11) is -27.1. The molecule has 2 aromatic carbocycles. The van der Waals surface area contributed by atoms with Crippen LogP contribution in [0.2, 0.25) is 0 Å². The number of nitrogens with one attached hydrogen (secondary N) is 1. The van der Waals surface area contributed by atoms with Crippen molar-refractivity contribution in [2.24, 2.45) is 0 Å². The maximum absolute atomic E-state index is 14.2. The number of ether oxygens (including phenoxy) is 1. The van der Waals surface area contributed by atoms with Gasteiger partial charge in [-0.25, -0.2) is 21.6 Å². The first-order valence-corrected chi connectivity index (χ1v) is 17.3. The summed E-state index contributed by atoms with van der Waals surface area (Å²) in [5.74, 6) is -11.5. The van der Waals surface area contributed by atoms with Gasteiger partial charge in [-0.1, -0.05) is 28.9 Å². The summed E-state index contributed by atoms with van der Waals surface area (Å²) in [4.78, 5) is 12.1. The summed E-state index contributed by atoms with van der Waals surface area (Å²) < 4.78 is 226. The van der Waals surface area contributed by atoms with Crippen LogP contribution in [0.5, 0.6) is 11.5 Å². The van der Waals surface area contributed by atoms with Crippen molar-refractivity contribution in [3.05, 3.63) is 66.2 Å². The van der Waals surface area contributed by atoms with Gasteiger partial charge in [-0.15, -0.1) is 0 Å². The second-order valence-electron chi connectivity index (χ2n) is 8.46. The van der Waals surface area contributed by atoms with Gasteiger partial charge in [0.1, 0.15) is 23.9 Å². The lowest BCUT2D eigenvalue weighted by atomic mass is 10.2. The van der Waals surface area contributed by atoms with Crippen LogP contribution in [0, 0.1) is 0 Å². The van der Waals surface area contributed by atoms with Crippen LogP contribution >= 0.6 is 0 Å². The van der Waals surface area contributed by atoms with Crippen LogP contribution < -0.4 is 12.5 Å². The molecule has 47 heavy (non-hydrogen) atoms. The Morgan fingerprint density at radius 2 is 1.17 bits per heavy atom. The van der Waals surface area contributed by atoms with Crippen LogP contribution in [0.3, 0.4) is 0 Å². The molecule has 2 aromatic rings. The number of benzene rings is 2. The predicted octanol–water partition coefficient (Wildman–Crippen LogP) is 3.19. The van der Waals surface area contributed by atoms with Crippen LogP contribution in [0.4, 0.5) is 39.5 Å². The molecule has 0 atom stereocenters. The summed E-state index contributed by atoms with van der Waals surface area (Å²) in [5.41, 5.74) is -6.68. The third-order valence-electron chi connectivity index (χ3n) is 5.11. The third-order valence-corrected chi connectivity index (χ3v) is 10.8. The number of rotatable bonds is 15. The standard InChI is InChI=1S/C21H16F9NO12S4/c1-2-13-3-7-15(8-4-13)42-44(33,34)12-11-41-17(32)14-5-9-16(10-6-14)43-47(39,40)20(26,27)18(22,23)19(24,25)45(35,36)31-46(37,38)21(28,29)30/h2-10,31H,1,11-12H2. The van der Waals surface area contributed by atoms with Crippen molar-refractivity contribution in [2.45, 2.75) is 21.9 Å². The Morgan fingerprint density at radius 1 is 0.702 bits per heavy atom. The summed E-state index contributed by atoms with van der Waals surface area (Å²) in [6.45, 7) is 2.66. The topological polar surface area (TPSA) is 193 Å². The highest BCUT2D eigenvalue weighted by Gasteiger charge is 2.83. The summed E-state index contributed by atoms with van der Waals surface area (Å²) in [6, 6.07) is 7.11. The number of halogens is 9. The zero-order chi connectivity index (χ0) is 36.5. The average Bonchev–Trinajstić information content (AvgIpc) is 2.91. The van der Waals surface area contributed by atoms with Gasteiger partial charge in [0.15, 0.2) is 0 Å². The smallest absolute Gasteiger partial charge is 0.461 e. The van der Waals surface area contributed by atoms with Crippen LogP contribution in [-0.2, 0) is 45.0 Å². The molecule has 0 spiro atoms. The fourth-order valence-corrected chi connectivity index (χ4v) is 6.90. The minimum atomic E-state index is -7.97. The number of sulfonamides is 2. The van der Waals surface area contributed by atoms with E-state index in [1.807, 2.05) is 0 Å². The maximum atomic E-state index is 14.2. The Morgan fingerprint density at radius 3 is 1.64 bits per heavy atom. The zero-order valence-corrected chi connectivity index (χ0v) is 25.5. The molecule has 1 N–H and O–H groups in total. The van der Waals surface area contributed by atoms with E-state index in [9.17, 15) is 78.0 Å². The van der Waals surface area contributed by atoms with Gasteiger partial charge in [0.05, 0.1) is 5.56 Å². The van der Waals surface area contributed by atoms with Crippen molar-refractivity contribution in [3.63, 3.8) is 0 Å². The van der Waals surface area contributed by atoms with Crippen LogP contribution in [0.1, 0.15) is 15.9 Å². The third kappa shape index (κ3) is 8.46. The van der Waals surface area contributed by atoms with E-state index < -0.39 is 96.0 Å². The highest BCUT2D eigenvalue weighted by molar-refractivity contribution is 8.05. The molecule has 0 aliphatic heterocycles. The molecule has 0 aromatic heterocycles. The second-order valence-corrected chi connectivity index (χ2v) is 15.4. The molecule has 0 fully saturated rings. The fourth-order valence-electron chi connectivity index (χ4n) is 2.73. The SMILES string of the molecule is C=Cc1ccc(OS(=O)(=O)CCOC(=O)c2ccc(OS(=O)(=O)C(F)(F)C(F)(F)C(F)(F)S(=O)(=O)NS(=O)(=O)C(F)(F)F)cc2)cc1. The van der Waals surface area contributed by atoms with E-state index in [1.165, 1.54) is 30.3 Å². The van der Waals surface area contributed by atoms with E-state index in [2.05, 4.69) is 15.5 Å². The zero-order valence-electron chi connectivity index (χ0n) is 22.3. The first-order valence-electron chi connectivity index (χ1n) is 11.4. The van der Waals surface area contributed by atoms with Gasteiger partial charge in [0, 0.05) is 0 Å². The minimum Gasteiger partial charge on any atom is -0.461 e. The molecule has 264 valence electrons. The van der Waals surface area contributed by atoms with Gasteiger partial charge in [-0.2, -0.15) is 56.3 Å². The molecule has 0 radical (unpaired) electrons.